The molecule has 0 saturated heterocycles. The van der Waals surface area contributed by atoms with Gasteiger partial charge in [0, 0.05) is 16.9 Å². The van der Waals surface area contributed by atoms with Crippen molar-refractivity contribution in [2.75, 3.05) is 17.7 Å². The molecule has 1 rings (SSSR count). The molecule has 76 valence electrons. The lowest BCUT2D eigenvalue weighted by atomic mass is 10.3. The Morgan fingerprint density at radius 3 is 2.86 bits per heavy atom. The minimum absolute atomic E-state index is 0.536. The second-order valence-electron chi connectivity index (χ2n) is 2.63. The smallest absolute Gasteiger partial charge is 0.0638 e. The average Bonchev–Trinajstić information content (AvgIpc) is 2.18. The van der Waals surface area contributed by atoms with E-state index in [9.17, 15) is 0 Å². The van der Waals surface area contributed by atoms with E-state index >= 15 is 0 Å². The second-order valence-corrected chi connectivity index (χ2v) is 4.26. The van der Waals surface area contributed by atoms with E-state index in [2.05, 4.69) is 21.2 Å². The Hall–Kier alpha value is -0.180. The van der Waals surface area contributed by atoms with Gasteiger partial charge in [-0.1, -0.05) is 39.7 Å². The summed E-state index contributed by atoms with van der Waals surface area (Å²) >= 11 is 14.8. The fourth-order valence-electron chi connectivity index (χ4n) is 0.948. The molecule has 0 spiro atoms. The lowest BCUT2D eigenvalue weighted by molar-refractivity contribution is 1.32. The fourth-order valence-corrected chi connectivity index (χ4v) is 1.62. The van der Waals surface area contributed by atoms with E-state index in [4.69, 9.17) is 23.2 Å². The first-order chi connectivity index (χ1) is 6.74. The standard InChI is InChI=1S/C10H10BrCl2N/c11-8-3-4-9(13)10(7-8)14-6-2-1-5-12/h1-4,7,14H,5-6H2/b2-1+. The van der Waals surface area contributed by atoms with Gasteiger partial charge in [0.15, 0.2) is 0 Å². The maximum Gasteiger partial charge on any atom is 0.0638 e. The molecule has 0 aromatic heterocycles. The summed E-state index contributed by atoms with van der Waals surface area (Å²) in [4.78, 5) is 0. The number of hydrogen-bond donors (Lipinski definition) is 1. The maximum atomic E-state index is 5.98. The highest BCUT2D eigenvalue weighted by Crippen LogP contribution is 2.25. The molecular weight excluding hydrogens is 285 g/mol. The molecule has 0 bridgehead atoms. The van der Waals surface area contributed by atoms with Crippen LogP contribution >= 0.6 is 39.1 Å². The van der Waals surface area contributed by atoms with Crippen molar-refractivity contribution in [3.8, 4) is 0 Å². The molecular formula is C10H10BrCl2N. The summed E-state index contributed by atoms with van der Waals surface area (Å²) in [5.41, 5.74) is 0.917. The topological polar surface area (TPSA) is 12.0 Å². The molecule has 0 unspecified atom stereocenters. The largest absolute Gasteiger partial charge is 0.380 e. The third-order valence-electron chi connectivity index (χ3n) is 1.59. The minimum Gasteiger partial charge on any atom is -0.380 e. The van der Waals surface area contributed by atoms with Crippen molar-refractivity contribution in [2.24, 2.45) is 0 Å². The summed E-state index contributed by atoms with van der Waals surface area (Å²) in [6.45, 7) is 0.725. The number of rotatable bonds is 4. The molecule has 0 aliphatic carbocycles. The molecule has 0 saturated carbocycles. The van der Waals surface area contributed by atoms with E-state index < -0.39 is 0 Å². The van der Waals surface area contributed by atoms with Crippen LogP contribution in [0.25, 0.3) is 0 Å². The molecule has 0 radical (unpaired) electrons. The van der Waals surface area contributed by atoms with Crippen molar-refractivity contribution in [1.29, 1.82) is 0 Å². The predicted molar refractivity (Wildman–Crippen MR) is 67.5 cm³/mol. The van der Waals surface area contributed by atoms with Crippen LogP contribution in [-0.4, -0.2) is 12.4 Å². The van der Waals surface area contributed by atoms with Gasteiger partial charge in [-0.15, -0.1) is 11.6 Å². The molecule has 0 heterocycles. The third-order valence-corrected chi connectivity index (χ3v) is 2.60. The van der Waals surface area contributed by atoms with Crippen molar-refractivity contribution in [3.05, 3.63) is 39.8 Å². The van der Waals surface area contributed by atoms with E-state index in [-0.39, 0.29) is 0 Å². The van der Waals surface area contributed by atoms with Gasteiger partial charge in [-0.25, -0.2) is 0 Å². The van der Waals surface area contributed by atoms with Gasteiger partial charge in [-0.2, -0.15) is 0 Å². The van der Waals surface area contributed by atoms with Crippen LogP contribution in [0, 0.1) is 0 Å². The highest BCUT2D eigenvalue weighted by Gasteiger charge is 1.98. The third kappa shape index (κ3) is 3.91. The predicted octanol–water partition coefficient (Wildman–Crippen LogP) is 4.31. The van der Waals surface area contributed by atoms with E-state index in [0.29, 0.717) is 10.9 Å². The summed E-state index contributed by atoms with van der Waals surface area (Å²) in [6.07, 6.45) is 3.85. The van der Waals surface area contributed by atoms with E-state index in [1.165, 1.54) is 0 Å². The Kier molecular flexibility index (Phi) is 5.38. The Morgan fingerprint density at radius 2 is 2.14 bits per heavy atom. The fraction of sp³-hybridized carbons (Fsp3) is 0.200. The highest BCUT2D eigenvalue weighted by atomic mass is 79.9. The molecule has 1 nitrogen and oxygen atoms in total. The van der Waals surface area contributed by atoms with Gasteiger partial charge in [0.05, 0.1) is 10.7 Å². The van der Waals surface area contributed by atoms with Crippen LogP contribution in [0.1, 0.15) is 0 Å². The Morgan fingerprint density at radius 1 is 1.36 bits per heavy atom. The monoisotopic (exact) mass is 293 g/mol. The zero-order valence-electron chi connectivity index (χ0n) is 7.43. The van der Waals surface area contributed by atoms with Crippen LogP contribution in [0.4, 0.5) is 5.69 Å². The second kappa shape index (κ2) is 6.33. The van der Waals surface area contributed by atoms with Crippen LogP contribution in [0.15, 0.2) is 34.8 Å². The van der Waals surface area contributed by atoms with Gasteiger partial charge in [0.2, 0.25) is 0 Å². The zero-order chi connectivity index (χ0) is 10.4. The van der Waals surface area contributed by atoms with Gasteiger partial charge in [-0.05, 0) is 18.2 Å². The molecule has 4 heteroatoms. The Labute approximate surface area is 102 Å². The summed E-state index contributed by atoms with van der Waals surface area (Å²) in [5.74, 6) is 0.536. The van der Waals surface area contributed by atoms with Crippen molar-refractivity contribution < 1.29 is 0 Å². The van der Waals surface area contributed by atoms with Crippen molar-refractivity contribution in [1.82, 2.24) is 0 Å². The molecule has 0 fully saturated rings. The molecule has 1 aromatic carbocycles. The summed E-state index contributed by atoms with van der Waals surface area (Å²) in [5, 5.41) is 3.90. The number of anilines is 1. The Bertz CT molecular complexity index is 326. The average molecular weight is 295 g/mol. The van der Waals surface area contributed by atoms with Crippen molar-refractivity contribution in [3.63, 3.8) is 0 Å². The number of nitrogens with one attached hydrogen (secondary N) is 1. The Balaban J connectivity index is 2.57. The number of halogens is 3. The van der Waals surface area contributed by atoms with E-state index in [1.807, 2.05) is 30.4 Å². The van der Waals surface area contributed by atoms with Crippen LogP contribution in [-0.2, 0) is 0 Å². The van der Waals surface area contributed by atoms with Crippen LogP contribution < -0.4 is 5.32 Å². The van der Waals surface area contributed by atoms with Gasteiger partial charge >= 0.3 is 0 Å². The van der Waals surface area contributed by atoms with Crippen LogP contribution in [0.3, 0.4) is 0 Å². The minimum atomic E-state index is 0.536. The number of alkyl halides is 1. The van der Waals surface area contributed by atoms with Gasteiger partial charge in [-0.3, -0.25) is 0 Å². The van der Waals surface area contributed by atoms with E-state index in [1.54, 1.807) is 0 Å². The van der Waals surface area contributed by atoms with Gasteiger partial charge in [0.25, 0.3) is 0 Å². The molecule has 1 N–H and O–H groups in total. The first kappa shape index (κ1) is 11.9. The SMILES string of the molecule is ClC/C=C/CNc1cc(Br)ccc1Cl. The summed E-state index contributed by atoms with van der Waals surface area (Å²) < 4.78 is 1.01. The van der Waals surface area contributed by atoms with Crippen LogP contribution in [0.2, 0.25) is 5.02 Å². The molecule has 0 amide bonds. The van der Waals surface area contributed by atoms with Gasteiger partial charge < -0.3 is 5.32 Å². The van der Waals surface area contributed by atoms with Crippen molar-refractivity contribution in [2.45, 2.75) is 0 Å². The van der Waals surface area contributed by atoms with E-state index in [0.717, 1.165) is 16.7 Å². The first-order valence-electron chi connectivity index (χ1n) is 4.14. The molecule has 0 atom stereocenters. The molecule has 14 heavy (non-hydrogen) atoms. The summed E-state index contributed by atoms with van der Waals surface area (Å²) in [7, 11) is 0. The molecule has 1 aromatic rings. The van der Waals surface area contributed by atoms with Crippen molar-refractivity contribution >= 4 is 44.8 Å². The number of hydrogen-bond acceptors (Lipinski definition) is 1. The summed E-state index contributed by atoms with van der Waals surface area (Å²) in [6, 6.07) is 5.69. The normalized spacial score (nSPS) is 10.8. The lowest BCUT2D eigenvalue weighted by Gasteiger charge is -2.05. The maximum absolute atomic E-state index is 5.98. The number of benzene rings is 1. The quantitative estimate of drug-likeness (QED) is 0.644. The van der Waals surface area contributed by atoms with Gasteiger partial charge in [0.1, 0.15) is 0 Å². The zero-order valence-corrected chi connectivity index (χ0v) is 10.5. The molecule has 0 aliphatic rings. The van der Waals surface area contributed by atoms with Crippen LogP contribution in [0.5, 0.6) is 0 Å². The first-order valence-corrected chi connectivity index (χ1v) is 5.84. The number of allylic oxidation sites excluding steroid dienone is 1. The lowest BCUT2D eigenvalue weighted by Crippen LogP contribution is -1.98. The highest BCUT2D eigenvalue weighted by molar-refractivity contribution is 9.10. The molecule has 0 aliphatic heterocycles.